The van der Waals surface area contributed by atoms with Gasteiger partial charge in [-0.3, -0.25) is 0 Å². The molecule has 10 heavy (non-hydrogen) atoms. The molecule has 1 fully saturated rings. The molecule has 1 saturated heterocycles. The minimum atomic E-state index is 0.174. The van der Waals surface area contributed by atoms with Crippen LogP contribution < -0.4 is 5.73 Å². The smallest absolute Gasteiger partial charge is 0.0626 e. The molecule has 0 saturated carbocycles. The summed E-state index contributed by atoms with van der Waals surface area (Å²) in [5.74, 6) is 0.263. The second kappa shape index (κ2) is 3.55. The fourth-order valence-electron chi connectivity index (χ4n) is 1.14. The molecule has 0 bridgehead atoms. The number of nitrogens with zero attached hydrogens (tertiary/aromatic N) is 1. The Kier molecular flexibility index (Phi) is 2.67. The van der Waals surface area contributed by atoms with Crippen molar-refractivity contribution in [2.75, 3.05) is 13.2 Å². The lowest BCUT2D eigenvalue weighted by Crippen LogP contribution is -2.38. The van der Waals surface area contributed by atoms with Gasteiger partial charge in [-0.25, -0.2) is 0 Å². The van der Waals surface area contributed by atoms with E-state index in [0.717, 1.165) is 13.0 Å². The summed E-state index contributed by atoms with van der Waals surface area (Å²) in [6.07, 6.45) is 1.42. The zero-order valence-electron chi connectivity index (χ0n) is 5.92. The van der Waals surface area contributed by atoms with Gasteiger partial charge in [0, 0.05) is 25.0 Å². The van der Waals surface area contributed by atoms with Crippen LogP contribution in [-0.2, 0) is 4.74 Å². The molecule has 3 heteroatoms. The normalized spacial score (nSPS) is 33.2. The maximum Gasteiger partial charge on any atom is 0.0626 e. The Hall–Kier alpha value is -0.590. The van der Waals surface area contributed by atoms with Crippen molar-refractivity contribution < 1.29 is 4.74 Å². The standard InChI is InChI=1S/C7H12N2O/c8-3-1-6-5-10-4-2-7(6)9/h6-7H,1-2,4-5,9H2/t6-,7+/m0/s1. The van der Waals surface area contributed by atoms with E-state index in [1.807, 2.05) is 0 Å². The van der Waals surface area contributed by atoms with E-state index < -0.39 is 0 Å². The lowest BCUT2D eigenvalue weighted by molar-refractivity contribution is 0.0438. The van der Waals surface area contributed by atoms with Gasteiger partial charge in [-0.05, 0) is 6.42 Å². The Morgan fingerprint density at radius 2 is 2.50 bits per heavy atom. The van der Waals surface area contributed by atoms with Crippen LogP contribution >= 0.6 is 0 Å². The first-order valence-electron chi connectivity index (χ1n) is 3.55. The number of nitrogens with two attached hydrogens (primary N) is 1. The number of nitriles is 1. The Labute approximate surface area is 60.8 Å². The third kappa shape index (κ3) is 1.69. The molecule has 0 aliphatic carbocycles. The lowest BCUT2D eigenvalue weighted by Gasteiger charge is -2.26. The van der Waals surface area contributed by atoms with Crippen LogP contribution in [0.25, 0.3) is 0 Å². The van der Waals surface area contributed by atoms with Crippen molar-refractivity contribution in [1.82, 2.24) is 0 Å². The van der Waals surface area contributed by atoms with Crippen LogP contribution in [-0.4, -0.2) is 19.3 Å². The fraction of sp³-hybridized carbons (Fsp3) is 0.857. The third-order valence-corrected chi connectivity index (χ3v) is 1.89. The summed E-state index contributed by atoms with van der Waals surface area (Å²) in [5.41, 5.74) is 5.73. The highest BCUT2D eigenvalue weighted by Crippen LogP contribution is 2.15. The van der Waals surface area contributed by atoms with E-state index in [2.05, 4.69) is 6.07 Å². The monoisotopic (exact) mass is 140 g/mol. The number of ether oxygens (including phenoxy) is 1. The van der Waals surface area contributed by atoms with E-state index in [-0.39, 0.29) is 12.0 Å². The van der Waals surface area contributed by atoms with Crippen molar-refractivity contribution in [1.29, 1.82) is 5.26 Å². The maximum atomic E-state index is 8.38. The summed E-state index contributed by atoms with van der Waals surface area (Å²) in [7, 11) is 0. The highest BCUT2D eigenvalue weighted by molar-refractivity contribution is 4.84. The second-order valence-electron chi connectivity index (χ2n) is 2.65. The van der Waals surface area contributed by atoms with E-state index in [1.165, 1.54) is 0 Å². The SMILES string of the molecule is N#CC[C@H]1COCC[C@H]1N. The molecule has 0 radical (unpaired) electrons. The lowest BCUT2D eigenvalue weighted by atomic mass is 9.94. The minimum Gasteiger partial charge on any atom is -0.381 e. The number of rotatable bonds is 1. The van der Waals surface area contributed by atoms with Gasteiger partial charge in [0.2, 0.25) is 0 Å². The van der Waals surface area contributed by atoms with Crippen molar-refractivity contribution in [3.8, 4) is 6.07 Å². The molecule has 2 N–H and O–H groups in total. The van der Waals surface area contributed by atoms with Crippen LogP contribution in [0.5, 0.6) is 0 Å². The van der Waals surface area contributed by atoms with E-state index in [1.54, 1.807) is 0 Å². The van der Waals surface area contributed by atoms with Crippen molar-refractivity contribution in [2.45, 2.75) is 18.9 Å². The summed E-state index contributed by atoms with van der Waals surface area (Å²) in [4.78, 5) is 0. The van der Waals surface area contributed by atoms with Crippen molar-refractivity contribution >= 4 is 0 Å². The van der Waals surface area contributed by atoms with Crippen molar-refractivity contribution in [2.24, 2.45) is 11.7 Å². The fourth-order valence-corrected chi connectivity index (χ4v) is 1.14. The topological polar surface area (TPSA) is 59.0 Å². The van der Waals surface area contributed by atoms with Gasteiger partial charge in [0.05, 0.1) is 12.7 Å². The van der Waals surface area contributed by atoms with Crippen molar-refractivity contribution in [3.63, 3.8) is 0 Å². The highest BCUT2D eigenvalue weighted by Gasteiger charge is 2.21. The Morgan fingerprint density at radius 3 is 3.10 bits per heavy atom. The average molecular weight is 140 g/mol. The Bertz CT molecular complexity index is 141. The quantitative estimate of drug-likeness (QED) is 0.568. The molecule has 1 aliphatic rings. The van der Waals surface area contributed by atoms with Crippen LogP contribution in [0.15, 0.2) is 0 Å². The molecule has 0 aromatic heterocycles. The zero-order chi connectivity index (χ0) is 7.40. The summed E-state index contributed by atoms with van der Waals surface area (Å²) in [5, 5.41) is 8.38. The van der Waals surface area contributed by atoms with E-state index in [9.17, 15) is 0 Å². The molecule has 2 atom stereocenters. The molecule has 3 nitrogen and oxygen atoms in total. The van der Waals surface area contributed by atoms with Gasteiger partial charge in [-0.1, -0.05) is 0 Å². The maximum absolute atomic E-state index is 8.38. The largest absolute Gasteiger partial charge is 0.381 e. The zero-order valence-corrected chi connectivity index (χ0v) is 5.92. The van der Waals surface area contributed by atoms with Gasteiger partial charge in [0.1, 0.15) is 0 Å². The number of hydrogen-bond acceptors (Lipinski definition) is 3. The van der Waals surface area contributed by atoms with Crippen LogP contribution in [0.4, 0.5) is 0 Å². The van der Waals surface area contributed by atoms with Gasteiger partial charge < -0.3 is 10.5 Å². The predicted molar refractivity (Wildman–Crippen MR) is 37.1 cm³/mol. The molecule has 0 aromatic carbocycles. The summed E-state index contributed by atoms with van der Waals surface area (Å²) in [6.45, 7) is 1.41. The first kappa shape index (κ1) is 7.52. The molecule has 0 unspecified atom stereocenters. The minimum absolute atomic E-state index is 0.174. The average Bonchev–Trinajstić information content (AvgIpc) is 1.94. The van der Waals surface area contributed by atoms with Crippen LogP contribution in [0, 0.1) is 17.2 Å². The van der Waals surface area contributed by atoms with E-state index >= 15 is 0 Å². The molecule has 0 spiro atoms. The molecule has 1 heterocycles. The summed E-state index contributed by atoms with van der Waals surface area (Å²) < 4.78 is 5.17. The van der Waals surface area contributed by atoms with Gasteiger partial charge in [0.15, 0.2) is 0 Å². The number of hydrogen-bond donors (Lipinski definition) is 1. The molecule has 56 valence electrons. The van der Waals surface area contributed by atoms with Crippen LogP contribution in [0.1, 0.15) is 12.8 Å². The predicted octanol–water partition coefficient (Wildman–Crippen LogP) is 0.264. The van der Waals surface area contributed by atoms with Gasteiger partial charge in [-0.15, -0.1) is 0 Å². The van der Waals surface area contributed by atoms with Crippen LogP contribution in [0.3, 0.4) is 0 Å². The first-order valence-corrected chi connectivity index (χ1v) is 3.55. The summed E-state index contributed by atoms with van der Waals surface area (Å²) >= 11 is 0. The first-order chi connectivity index (χ1) is 4.84. The molecule has 1 aliphatic heterocycles. The molecule has 1 rings (SSSR count). The van der Waals surface area contributed by atoms with Gasteiger partial charge in [-0.2, -0.15) is 5.26 Å². The molecule has 0 amide bonds. The van der Waals surface area contributed by atoms with Crippen LogP contribution in [0.2, 0.25) is 0 Å². The third-order valence-electron chi connectivity index (χ3n) is 1.89. The molecule has 0 aromatic rings. The summed E-state index contributed by atoms with van der Waals surface area (Å²) in [6, 6.07) is 2.28. The van der Waals surface area contributed by atoms with E-state index in [4.69, 9.17) is 15.7 Å². The van der Waals surface area contributed by atoms with Gasteiger partial charge in [0.25, 0.3) is 0 Å². The van der Waals surface area contributed by atoms with Crippen molar-refractivity contribution in [3.05, 3.63) is 0 Å². The van der Waals surface area contributed by atoms with E-state index in [0.29, 0.717) is 13.0 Å². The highest BCUT2D eigenvalue weighted by atomic mass is 16.5. The second-order valence-corrected chi connectivity index (χ2v) is 2.65. The Balaban J connectivity index is 2.34. The molecular weight excluding hydrogens is 128 g/mol. The molecular formula is C7H12N2O. The Morgan fingerprint density at radius 1 is 1.70 bits per heavy atom. The van der Waals surface area contributed by atoms with Gasteiger partial charge >= 0.3 is 0 Å².